The van der Waals surface area contributed by atoms with Crippen LogP contribution in [0.25, 0.3) is 11.6 Å². The highest BCUT2D eigenvalue weighted by Gasteiger charge is 2.26. The van der Waals surface area contributed by atoms with Gasteiger partial charge in [-0.05, 0) is 36.6 Å². The summed E-state index contributed by atoms with van der Waals surface area (Å²) in [5.41, 5.74) is 2.80. The van der Waals surface area contributed by atoms with Gasteiger partial charge in [0.05, 0.1) is 11.3 Å². The molecule has 0 atom stereocenters. The zero-order valence-corrected chi connectivity index (χ0v) is 12.5. The maximum Gasteiger partial charge on any atom is 0.134 e. The first-order valence-electron chi connectivity index (χ1n) is 6.09. The molecule has 1 heterocycles. The van der Waals surface area contributed by atoms with Crippen molar-refractivity contribution in [2.45, 2.75) is 18.8 Å². The summed E-state index contributed by atoms with van der Waals surface area (Å²) in [4.78, 5) is 4.58. The third-order valence-electron chi connectivity index (χ3n) is 3.05. The van der Waals surface area contributed by atoms with Gasteiger partial charge in [0.2, 0.25) is 0 Å². The highest BCUT2D eigenvalue weighted by Crippen LogP contribution is 2.40. The molecule has 0 spiro atoms. The summed E-state index contributed by atoms with van der Waals surface area (Å²) >= 11 is 4.97. The summed E-state index contributed by atoms with van der Waals surface area (Å²) in [6, 6.07) is 10.2. The number of thiazole rings is 1. The number of hydrogen-bond donors (Lipinski definition) is 0. The van der Waals surface area contributed by atoms with Gasteiger partial charge in [0.15, 0.2) is 0 Å². The molecule has 3 rings (SSSR count). The molecule has 2 aromatic rings. The van der Waals surface area contributed by atoms with Crippen LogP contribution < -0.4 is 0 Å². The van der Waals surface area contributed by atoms with Crippen molar-refractivity contribution in [3.8, 4) is 6.07 Å². The second kappa shape index (κ2) is 5.28. The molecule has 1 aromatic heterocycles. The molecule has 1 aliphatic carbocycles. The van der Waals surface area contributed by atoms with Gasteiger partial charge in [0.25, 0.3) is 0 Å². The van der Waals surface area contributed by atoms with Gasteiger partial charge < -0.3 is 0 Å². The van der Waals surface area contributed by atoms with Gasteiger partial charge in [-0.25, -0.2) is 4.98 Å². The van der Waals surface area contributed by atoms with Gasteiger partial charge >= 0.3 is 0 Å². The van der Waals surface area contributed by atoms with Crippen LogP contribution in [0, 0.1) is 11.3 Å². The third-order valence-corrected chi connectivity index (χ3v) is 4.47. The van der Waals surface area contributed by atoms with Crippen LogP contribution in [0.3, 0.4) is 0 Å². The Bertz CT molecular complexity index is 660. The minimum atomic E-state index is 0.637. The molecule has 1 saturated carbocycles. The third kappa shape index (κ3) is 2.94. The standard InChI is InChI=1S/C15H11BrN2S/c16-13-5-1-10(2-6-13)7-12(8-17)15-18-14(9-19-15)11-3-4-11/h1-2,5-7,9,11H,3-4H2. The molecule has 0 saturated heterocycles. The lowest BCUT2D eigenvalue weighted by Gasteiger charge is -1.96. The lowest BCUT2D eigenvalue weighted by molar-refractivity contribution is 1.05. The van der Waals surface area contributed by atoms with E-state index < -0.39 is 0 Å². The van der Waals surface area contributed by atoms with Crippen molar-refractivity contribution in [3.05, 3.63) is 50.4 Å². The summed E-state index contributed by atoms with van der Waals surface area (Å²) in [6.07, 6.45) is 4.37. The van der Waals surface area contributed by atoms with Crippen molar-refractivity contribution < 1.29 is 0 Å². The smallest absolute Gasteiger partial charge is 0.134 e. The van der Waals surface area contributed by atoms with Crippen LogP contribution in [0.15, 0.2) is 34.1 Å². The minimum absolute atomic E-state index is 0.637. The molecule has 94 valence electrons. The van der Waals surface area contributed by atoms with Crippen LogP contribution in [0.2, 0.25) is 0 Å². The van der Waals surface area contributed by atoms with Crippen molar-refractivity contribution >= 4 is 38.9 Å². The maximum atomic E-state index is 9.30. The van der Waals surface area contributed by atoms with E-state index in [9.17, 15) is 5.26 Å². The topological polar surface area (TPSA) is 36.7 Å². The highest BCUT2D eigenvalue weighted by atomic mass is 79.9. The van der Waals surface area contributed by atoms with E-state index in [1.807, 2.05) is 30.3 Å². The molecule has 2 nitrogen and oxygen atoms in total. The molecule has 0 N–H and O–H groups in total. The SMILES string of the molecule is N#CC(=Cc1ccc(Br)cc1)c1nc(C2CC2)cs1. The molecule has 19 heavy (non-hydrogen) atoms. The molecule has 0 radical (unpaired) electrons. The second-order valence-electron chi connectivity index (χ2n) is 4.57. The zero-order chi connectivity index (χ0) is 13.2. The second-order valence-corrected chi connectivity index (χ2v) is 6.35. The van der Waals surface area contributed by atoms with Crippen molar-refractivity contribution in [2.24, 2.45) is 0 Å². The van der Waals surface area contributed by atoms with E-state index in [2.05, 4.69) is 32.4 Å². The monoisotopic (exact) mass is 330 g/mol. The fourth-order valence-electron chi connectivity index (χ4n) is 1.84. The van der Waals surface area contributed by atoms with Crippen LogP contribution in [0.5, 0.6) is 0 Å². The number of hydrogen-bond acceptors (Lipinski definition) is 3. The predicted octanol–water partition coefficient (Wildman–Crippen LogP) is 4.85. The van der Waals surface area contributed by atoms with E-state index in [-0.39, 0.29) is 0 Å². The van der Waals surface area contributed by atoms with E-state index in [0.29, 0.717) is 11.5 Å². The Morgan fingerprint density at radius 3 is 2.74 bits per heavy atom. The number of aromatic nitrogens is 1. The van der Waals surface area contributed by atoms with Crippen LogP contribution in [0.4, 0.5) is 0 Å². The molecular formula is C15H11BrN2S. The van der Waals surface area contributed by atoms with Gasteiger partial charge in [-0.15, -0.1) is 11.3 Å². The summed E-state index contributed by atoms with van der Waals surface area (Å²) in [5.74, 6) is 0.637. The first-order chi connectivity index (χ1) is 9.26. The highest BCUT2D eigenvalue weighted by molar-refractivity contribution is 9.10. The van der Waals surface area contributed by atoms with Gasteiger partial charge in [0, 0.05) is 15.8 Å². The van der Waals surface area contributed by atoms with E-state index in [4.69, 9.17) is 0 Å². The van der Waals surface area contributed by atoms with Crippen molar-refractivity contribution in [1.82, 2.24) is 4.98 Å². The maximum absolute atomic E-state index is 9.30. The fourth-order valence-corrected chi connectivity index (χ4v) is 2.98. The molecule has 4 heteroatoms. The Kier molecular flexibility index (Phi) is 3.50. The minimum Gasteiger partial charge on any atom is -0.240 e. The van der Waals surface area contributed by atoms with Crippen LogP contribution in [0.1, 0.15) is 35.0 Å². The van der Waals surface area contributed by atoms with E-state index in [1.54, 1.807) is 11.3 Å². The van der Waals surface area contributed by atoms with E-state index in [0.717, 1.165) is 20.7 Å². The molecule has 1 fully saturated rings. The van der Waals surface area contributed by atoms with Crippen LogP contribution in [-0.2, 0) is 0 Å². The van der Waals surface area contributed by atoms with Crippen molar-refractivity contribution in [1.29, 1.82) is 5.26 Å². The van der Waals surface area contributed by atoms with Crippen molar-refractivity contribution in [3.63, 3.8) is 0 Å². The van der Waals surface area contributed by atoms with E-state index >= 15 is 0 Å². The molecule has 0 aliphatic heterocycles. The van der Waals surface area contributed by atoms with Crippen LogP contribution in [-0.4, -0.2) is 4.98 Å². The molecule has 1 aliphatic rings. The number of halogens is 1. The average Bonchev–Trinajstić information content (AvgIpc) is 3.17. The normalized spacial score (nSPS) is 15.3. The predicted molar refractivity (Wildman–Crippen MR) is 81.7 cm³/mol. The largest absolute Gasteiger partial charge is 0.240 e. The number of allylic oxidation sites excluding steroid dienone is 1. The summed E-state index contributed by atoms with van der Waals surface area (Å²) in [5, 5.41) is 12.2. The molecule has 0 amide bonds. The van der Waals surface area contributed by atoms with Crippen molar-refractivity contribution in [2.75, 3.05) is 0 Å². The number of nitriles is 1. The Morgan fingerprint density at radius 1 is 1.37 bits per heavy atom. The lowest BCUT2D eigenvalue weighted by Crippen LogP contribution is -1.83. The summed E-state index contributed by atoms with van der Waals surface area (Å²) in [7, 11) is 0. The number of nitrogens with zero attached hydrogens (tertiary/aromatic N) is 2. The first kappa shape index (κ1) is 12.6. The van der Waals surface area contributed by atoms with Gasteiger partial charge in [0.1, 0.15) is 11.1 Å². The Balaban J connectivity index is 1.90. The molecule has 0 bridgehead atoms. The molecular weight excluding hydrogens is 320 g/mol. The molecule has 1 aromatic carbocycles. The number of rotatable bonds is 3. The zero-order valence-electron chi connectivity index (χ0n) is 10.1. The molecule has 0 unspecified atom stereocenters. The van der Waals surface area contributed by atoms with Gasteiger partial charge in [-0.3, -0.25) is 0 Å². The summed E-state index contributed by atoms with van der Waals surface area (Å²) in [6.45, 7) is 0. The quantitative estimate of drug-likeness (QED) is 0.754. The Labute approximate surface area is 124 Å². The Hall–Kier alpha value is -1.44. The summed E-state index contributed by atoms with van der Waals surface area (Å²) < 4.78 is 1.04. The van der Waals surface area contributed by atoms with Crippen LogP contribution >= 0.6 is 27.3 Å². The fraction of sp³-hybridized carbons (Fsp3) is 0.200. The van der Waals surface area contributed by atoms with Gasteiger partial charge in [-0.1, -0.05) is 28.1 Å². The average molecular weight is 331 g/mol. The van der Waals surface area contributed by atoms with Gasteiger partial charge in [-0.2, -0.15) is 5.26 Å². The lowest BCUT2D eigenvalue weighted by atomic mass is 10.1. The Morgan fingerprint density at radius 2 is 2.11 bits per heavy atom. The first-order valence-corrected chi connectivity index (χ1v) is 7.76. The number of benzene rings is 1. The van der Waals surface area contributed by atoms with E-state index in [1.165, 1.54) is 12.8 Å².